The lowest BCUT2D eigenvalue weighted by Crippen LogP contribution is -2.43. The van der Waals surface area contributed by atoms with Crippen LogP contribution in [-0.4, -0.2) is 48.0 Å². The Kier molecular flexibility index (Phi) is 6.83. The summed E-state index contributed by atoms with van der Waals surface area (Å²) in [6.07, 6.45) is 3.30. The number of hydrogen-bond acceptors (Lipinski definition) is 3. The van der Waals surface area contributed by atoms with E-state index >= 15 is 0 Å². The van der Waals surface area contributed by atoms with Crippen molar-refractivity contribution < 1.29 is 4.79 Å². The molecular formula is C17H24N2OS. The highest BCUT2D eigenvalue weighted by atomic mass is 32.2. The molecule has 1 atom stereocenters. The average molecular weight is 304 g/mol. The Labute approximate surface area is 131 Å². The molecule has 1 aromatic rings. The van der Waals surface area contributed by atoms with E-state index in [9.17, 15) is 4.79 Å². The first-order chi connectivity index (χ1) is 10.3. The lowest BCUT2D eigenvalue weighted by molar-refractivity contribution is -0.131. The zero-order chi connectivity index (χ0) is 14.9. The van der Waals surface area contributed by atoms with Gasteiger partial charge < -0.3 is 10.2 Å². The molecule has 1 fully saturated rings. The van der Waals surface area contributed by atoms with Crippen molar-refractivity contribution in [2.45, 2.75) is 18.9 Å². The van der Waals surface area contributed by atoms with Gasteiger partial charge in [-0.05, 0) is 12.0 Å². The van der Waals surface area contributed by atoms with E-state index in [1.54, 1.807) is 0 Å². The van der Waals surface area contributed by atoms with Crippen molar-refractivity contribution in [2.24, 2.45) is 0 Å². The molecule has 1 aliphatic rings. The molecule has 1 amide bonds. The van der Waals surface area contributed by atoms with E-state index in [4.69, 9.17) is 0 Å². The molecule has 1 aromatic carbocycles. The van der Waals surface area contributed by atoms with Crippen LogP contribution in [0, 0.1) is 0 Å². The van der Waals surface area contributed by atoms with E-state index in [0.717, 1.165) is 31.0 Å². The van der Waals surface area contributed by atoms with Crippen molar-refractivity contribution in [1.82, 2.24) is 10.2 Å². The number of rotatable bonds is 7. The number of amides is 1. The molecule has 0 aliphatic carbocycles. The molecule has 21 heavy (non-hydrogen) atoms. The predicted molar refractivity (Wildman–Crippen MR) is 90.7 cm³/mol. The number of carbonyl (C=O) groups excluding carboxylic acids is 1. The fourth-order valence-electron chi connectivity index (χ4n) is 2.47. The van der Waals surface area contributed by atoms with Crippen molar-refractivity contribution in [2.75, 3.05) is 31.1 Å². The summed E-state index contributed by atoms with van der Waals surface area (Å²) >= 11 is 1.93. The molecule has 0 bridgehead atoms. The fraction of sp³-hybridized carbons (Fsp3) is 0.471. The number of benzene rings is 1. The number of thioether (sulfide) groups is 1. The molecule has 0 radical (unpaired) electrons. The molecule has 1 N–H and O–H groups in total. The lowest BCUT2D eigenvalue weighted by Gasteiger charge is -2.27. The normalized spacial score (nSPS) is 18.2. The summed E-state index contributed by atoms with van der Waals surface area (Å²) in [6.45, 7) is 6.17. The standard InChI is InChI=1S/C17H24N2OS/c1-2-10-19(11-8-15-6-4-3-5-7-15)17(20)13-16-14-21-12-9-18-16/h2-7,16,18H,1,8-14H2. The first kappa shape index (κ1) is 16.1. The number of nitrogens with zero attached hydrogens (tertiary/aromatic N) is 1. The van der Waals surface area contributed by atoms with Crippen molar-refractivity contribution in [3.8, 4) is 0 Å². The first-order valence-corrected chi connectivity index (χ1v) is 8.69. The molecule has 0 saturated carbocycles. The van der Waals surface area contributed by atoms with Gasteiger partial charge in [-0.25, -0.2) is 0 Å². The Balaban J connectivity index is 1.84. The van der Waals surface area contributed by atoms with Crippen LogP contribution in [0.25, 0.3) is 0 Å². The lowest BCUT2D eigenvalue weighted by atomic mass is 10.1. The molecular weight excluding hydrogens is 280 g/mol. The minimum atomic E-state index is 0.228. The van der Waals surface area contributed by atoms with Gasteiger partial charge in [-0.15, -0.1) is 6.58 Å². The third-order valence-corrected chi connectivity index (χ3v) is 4.77. The SMILES string of the molecule is C=CCN(CCc1ccccc1)C(=O)CC1CSCCN1. The molecule has 1 heterocycles. The summed E-state index contributed by atoms with van der Waals surface area (Å²) in [7, 11) is 0. The van der Waals surface area contributed by atoms with Gasteiger partial charge in [0.2, 0.25) is 5.91 Å². The second-order valence-corrected chi connectivity index (χ2v) is 6.44. The number of nitrogens with one attached hydrogen (secondary N) is 1. The van der Waals surface area contributed by atoms with Crippen LogP contribution < -0.4 is 5.32 Å². The monoisotopic (exact) mass is 304 g/mol. The predicted octanol–water partition coefficient (Wildman–Crippen LogP) is 2.34. The van der Waals surface area contributed by atoms with Gasteiger partial charge in [0.25, 0.3) is 0 Å². The minimum absolute atomic E-state index is 0.228. The van der Waals surface area contributed by atoms with E-state index in [-0.39, 0.29) is 5.91 Å². The fourth-order valence-corrected chi connectivity index (χ4v) is 3.42. The Morgan fingerprint density at radius 2 is 2.24 bits per heavy atom. The van der Waals surface area contributed by atoms with Crippen LogP contribution in [0.15, 0.2) is 43.0 Å². The van der Waals surface area contributed by atoms with E-state index in [0.29, 0.717) is 19.0 Å². The topological polar surface area (TPSA) is 32.3 Å². The summed E-state index contributed by atoms with van der Waals surface area (Å²) in [6, 6.07) is 10.6. The van der Waals surface area contributed by atoms with Crippen LogP contribution in [0.1, 0.15) is 12.0 Å². The first-order valence-electron chi connectivity index (χ1n) is 7.53. The smallest absolute Gasteiger partial charge is 0.224 e. The summed E-state index contributed by atoms with van der Waals surface area (Å²) < 4.78 is 0. The van der Waals surface area contributed by atoms with Crippen molar-refractivity contribution in [3.63, 3.8) is 0 Å². The molecule has 0 aromatic heterocycles. The number of carbonyl (C=O) groups is 1. The summed E-state index contributed by atoms with van der Waals surface area (Å²) in [5.74, 6) is 2.41. The third kappa shape index (κ3) is 5.56. The third-order valence-electron chi connectivity index (χ3n) is 3.63. The van der Waals surface area contributed by atoms with Crippen LogP contribution >= 0.6 is 11.8 Å². The number of hydrogen-bond donors (Lipinski definition) is 1. The zero-order valence-electron chi connectivity index (χ0n) is 12.5. The Hall–Kier alpha value is -1.26. The van der Waals surface area contributed by atoms with Gasteiger partial charge in [-0.2, -0.15) is 11.8 Å². The second kappa shape index (κ2) is 8.90. The minimum Gasteiger partial charge on any atom is -0.339 e. The molecule has 1 unspecified atom stereocenters. The van der Waals surface area contributed by atoms with Crippen LogP contribution in [-0.2, 0) is 11.2 Å². The molecule has 114 valence electrons. The average Bonchev–Trinajstić information content (AvgIpc) is 2.53. The maximum Gasteiger partial charge on any atom is 0.224 e. The molecule has 1 saturated heterocycles. The summed E-state index contributed by atoms with van der Waals surface area (Å²) in [5.41, 5.74) is 1.27. The van der Waals surface area contributed by atoms with Crippen LogP contribution in [0.2, 0.25) is 0 Å². The van der Waals surface area contributed by atoms with E-state index in [1.165, 1.54) is 5.56 Å². The summed E-state index contributed by atoms with van der Waals surface area (Å²) in [5, 5.41) is 3.43. The maximum absolute atomic E-state index is 12.5. The molecule has 3 nitrogen and oxygen atoms in total. The Bertz CT molecular complexity index is 443. The van der Waals surface area contributed by atoms with Crippen LogP contribution in [0.3, 0.4) is 0 Å². The van der Waals surface area contributed by atoms with E-state index < -0.39 is 0 Å². The second-order valence-electron chi connectivity index (χ2n) is 5.29. The quantitative estimate of drug-likeness (QED) is 0.785. The van der Waals surface area contributed by atoms with Gasteiger partial charge in [-0.3, -0.25) is 4.79 Å². The maximum atomic E-state index is 12.5. The van der Waals surface area contributed by atoms with Crippen molar-refractivity contribution >= 4 is 17.7 Å². The zero-order valence-corrected chi connectivity index (χ0v) is 13.3. The largest absolute Gasteiger partial charge is 0.339 e. The Morgan fingerprint density at radius 1 is 1.43 bits per heavy atom. The van der Waals surface area contributed by atoms with Gasteiger partial charge in [0.15, 0.2) is 0 Å². The van der Waals surface area contributed by atoms with Gasteiger partial charge in [0.1, 0.15) is 0 Å². The van der Waals surface area contributed by atoms with E-state index in [1.807, 2.05) is 40.9 Å². The van der Waals surface area contributed by atoms with Gasteiger partial charge in [0.05, 0.1) is 0 Å². The Morgan fingerprint density at radius 3 is 2.90 bits per heavy atom. The highest BCUT2D eigenvalue weighted by Gasteiger charge is 2.20. The van der Waals surface area contributed by atoms with Crippen molar-refractivity contribution in [1.29, 1.82) is 0 Å². The van der Waals surface area contributed by atoms with Gasteiger partial charge >= 0.3 is 0 Å². The highest BCUT2D eigenvalue weighted by Crippen LogP contribution is 2.12. The highest BCUT2D eigenvalue weighted by molar-refractivity contribution is 7.99. The molecule has 4 heteroatoms. The molecule has 0 spiro atoms. The van der Waals surface area contributed by atoms with Crippen LogP contribution in [0.4, 0.5) is 0 Å². The van der Waals surface area contributed by atoms with E-state index in [2.05, 4.69) is 24.0 Å². The summed E-state index contributed by atoms with van der Waals surface area (Å²) in [4.78, 5) is 14.4. The van der Waals surface area contributed by atoms with Gasteiger partial charge in [0, 0.05) is 43.6 Å². The molecule has 1 aliphatic heterocycles. The van der Waals surface area contributed by atoms with Crippen LogP contribution in [0.5, 0.6) is 0 Å². The van der Waals surface area contributed by atoms with Crippen molar-refractivity contribution in [3.05, 3.63) is 48.6 Å². The molecule has 2 rings (SSSR count). The van der Waals surface area contributed by atoms with Gasteiger partial charge in [-0.1, -0.05) is 36.4 Å².